The van der Waals surface area contributed by atoms with Crippen LogP contribution in [0.2, 0.25) is 0 Å². The van der Waals surface area contributed by atoms with Gasteiger partial charge >= 0.3 is 0 Å². The third kappa shape index (κ3) is 3.79. The molecule has 0 saturated carbocycles. The molecule has 1 aliphatic heterocycles. The van der Waals surface area contributed by atoms with E-state index in [2.05, 4.69) is 41.2 Å². The maximum absolute atomic E-state index is 4.43. The molecule has 1 aliphatic rings. The zero-order valence-corrected chi connectivity index (χ0v) is 11.6. The molecule has 100 valence electrons. The van der Waals surface area contributed by atoms with Gasteiger partial charge in [0.2, 0.25) is 0 Å². The van der Waals surface area contributed by atoms with Crippen LogP contribution in [-0.4, -0.2) is 35.6 Å². The van der Waals surface area contributed by atoms with E-state index in [-0.39, 0.29) is 0 Å². The number of hydrogen-bond acceptors (Lipinski definition) is 3. The molecule has 1 fully saturated rings. The highest BCUT2D eigenvalue weighted by molar-refractivity contribution is 5.07. The van der Waals surface area contributed by atoms with E-state index >= 15 is 0 Å². The summed E-state index contributed by atoms with van der Waals surface area (Å²) in [6.07, 6.45) is 5.72. The number of aromatic nitrogens is 1. The van der Waals surface area contributed by atoms with Gasteiger partial charge in [0.05, 0.1) is 5.69 Å². The first kappa shape index (κ1) is 13.5. The quantitative estimate of drug-likeness (QED) is 0.886. The maximum atomic E-state index is 4.43. The zero-order chi connectivity index (χ0) is 12.8. The van der Waals surface area contributed by atoms with Crippen LogP contribution in [0.4, 0.5) is 0 Å². The molecular formula is C15H25N3. The van der Waals surface area contributed by atoms with E-state index in [4.69, 9.17) is 0 Å². The van der Waals surface area contributed by atoms with E-state index in [0.29, 0.717) is 12.1 Å². The van der Waals surface area contributed by atoms with E-state index in [0.717, 1.165) is 5.69 Å². The van der Waals surface area contributed by atoms with Crippen LogP contribution in [0.15, 0.2) is 24.4 Å². The van der Waals surface area contributed by atoms with Crippen molar-refractivity contribution < 1.29 is 0 Å². The maximum Gasteiger partial charge on any atom is 0.0570 e. The Morgan fingerprint density at radius 2 is 2.28 bits per heavy atom. The number of rotatable bonds is 4. The van der Waals surface area contributed by atoms with E-state index in [1.54, 1.807) is 0 Å². The van der Waals surface area contributed by atoms with Crippen molar-refractivity contribution in [1.82, 2.24) is 15.2 Å². The summed E-state index contributed by atoms with van der Waals surface area (Å²) in [7, 11) is 0. The van der Waals surface area contributed by atoms with Gasteiger partial charge in [0.15, 0.2) is 0 Å². The van der Waals surface area contributed by atoms with Crippen molar-refractivity contribution in [3.05, 3.63) is 30.1 Å². The van der Waals surface area contributed by atoms with Crippen molar-refractivity contribution in [2.75, 3.05) is 19.6 Å². The predicted molar refractivity (Wildman–Crippen MR) is 75.5 cm³/mol. The summed E-state index contributed by atoms with van der Waals surface area (Å²) in [6, 6.07) is 7.13. The van der Waals surface area contributed by atoms with Gasteiger partial charge in [-0.15, -0.1) is 0 Å². The van der Waals surface area contributed by atoms with Crippen LogP contribution in [0, 0.1) is 0 Å². The molecule has 0 amide bonds. The molecule has 0 radical (unpaired) electrons. The Morgan fingerprint density at radius 1 is 1.39 bits per heavy atom. The average molecular weight is 247 g/mol. The van der Waals surface area contributed by atoms with Crippen LogP contribution in [0.3, 0.4) is 0 Å². The molecule has 1 aromatic heterocycles. The first-order valence-electron chi connectivity index (χ1n) is 7.19. The highest BCUT2D eigenvalue weighted by atomic mass is 15.1. The molecule has 0 aliphatic carbocycles. The summed E-state index contributed by atoms with van der Waals surface area (Å²) >= 11 is 0. The Morgan fingerprint density at radius 3 is 3.00 bits per heavy atom. The van der Waals surface area contributed by atoms with Gasteiger partial charge in [0.1, 0.15) is 0 Å². The number of likely N-dealkylation sites (tertiary alicyclic amines) is 1. The summed E-state index contributed by atoms with van der Waals surface area (Å²) < 4.78 is 0. The minimum Gasteiger partial charge on any atom is -0.306 e. The second-order valence-electron chi connectivity index (χ2n) is 5.21. The molecule has 1 N–H and O–H groups in total. The smallest absolute Gasteiger partial charge is 0.0570 e. The minimum absolute atomic E-state index is 0.351. The molecule has 1 saturated heterocycles. The number of nitrogens with zero attached hydrogens (tertiary/aromatic N) is 2. The predicted octanol–water partition coefficient (Wildman–Crippen LogP) is 2.61. The van der Waals surface area contributed by atoms with Gasteiger partial charge in [-0.2, -0.15) is 0 Å². The van der Waals surface area contributed by atoms with Crippen molar-refractivity contribution in [2.45, 2.75) is 45.2 Å². The molecule has 2 unspecified atom stereocenters. The van der Waals surface area contributed by atoms with E-state index < -0.39 is 0 Å². The van der Waals surface area contributed by atoms with E-state index in [1.165, 1.54) is 38.9 Å². The summed E-state index contributed by atoms with van der Waals surface area (Å²) in [5, 5.41) is 3.73. The second kappa shape index (κ2) is 6.86. The normalized spacial score (nSPS) is 23.6. The standard InChI is InChI=1S/C15H25N3/c1-3-18-11-6-7-14(9-12-18)17-13(2)15-8-4-5-10-16-15/h4-5,8,10,13-14,17H,3,6-7,9,11-12H2,1-2H3. The van der Waals surface area contributed by atoms with Crippen molar-refractivity contribution in [3.63, 3.8) is 0 Å². The Balaban J connectivity index is 1.86. The molecule has 3 heteroatoms. The van der Waals surface area contributed by atoms with Crippen LogP contribution >= 0.6 is 0 Å². The first-order chi connectivity index (χ1) is 8.79. The van der Waals surface area contributed by atoms with Crippen molar-refractivity contribution in [1.29, 1.82) is 0 Å². The van der Waals surface area contributed by atoms with Crippen molar-refractivity contribution in [2.24, 2.45) is 0 Å². The Hall–Kier alpha value is -0.930. The van der Waals surface area contributed by atoms with Crippen molar-refractivity contribution in [3.8, 4) is 0 Å². The molecule has 2 heterocycles. The zero-order valence-electron chi connectivity index (χ0n) is 11.6. The molecular weight excluding hydrogens is 222 g/mol. The van der Waals surface area contributed by atoms with Crippen LogP contribution in [0.1, 0.15) is 44.8 Å². The second-order valence-corrected chi connectivity index (χ2v) is 5.21. The third-order valence-corrected chi connectivity index (χ3v) is 3.89. The Labute approximate surface area is 111 Å². The molecule has 3 nitrogen and oxygen atoms in total. The number of nitrogens with one attached hydrogen (secondary N) is 1. The van der Waals surface area contributed by atoms with E-state index in [9.17, 15) is 0 Å². The fourth-order valence-corrected chi connectivity index (χ4v) is 2.71. The fraction of sp³-hybridized carbons (Fsp3) is 0.667. The van der Waals surface area contributed by atoms with Crippen LogP contribution in [0.25, 0.3) is 0 Å². The molecule has 1 aromatic rings. The summed E-state index contributed by atoms with van der Waals surface area (Å²) in [5.74, 6) is 0. The summed E-state index contributed by atoms with van der Waals surface area (Å²) in [6.45, 7) is 8.13. The highest BCUT2D eigenvalue weighted by Gasteiger charge is 2.18. The highest BCUT2D eigenvalue weighted by Crippen LogP contribution is 2.16. The molecule has 2 rings (SSSR count). The SMILES string of the molecule is CCN1CCCC(NC(C)c2ccccn2)CC1. The number of pyridine rings is 1. The summed E-state index contributed by atoms with van der Waals surface area (Å²) in [5.41, 5.74) is 1.15. The van der Waals surface area contributed by atoms with Gasteiger partial charge in [-0.25, -0.2) is 0 Å². The van der Waals surface area contributed by atoms with E-state index in [1.807, 2.05) is 12.3 Å². The lowest BCUT2D eigenvalue weighted by Crippen LogP contribution is -2.33. The Kier molecular flexibility index (Phi) is 5.14. The first-order valence-corrected chi connectivity index (χ1v) is 7.19. The van der Waals surface area contributed by atoms with Gasteiger partial charge in [0.25, 0.3) is 0 Å². The lowest BCUT2D eigenvalue weighted by atomic mass is 10.1. The molecule has 0 bridgehead atoms. The molecule has 2 atom stereocenters. The Bertz CT molecular complexity index is 339. The molecule has 0 spiro atoms. The van der Waals surface area contributed by atoms with Gasteiger partial charge < -0.3 is 10.2 Å². The van der Waals surface area contributed by atoms with Gasteiger partial charge in [-0.1, -0.05) is 13.0 Å². The largest absolute Gasteiger partial charge is 0.306 e. The topological polar surface area (TPSA) is 28.2 Å². The van der Waals surface area contributed by atoms with Crippen molar-refractivity contribution >= 4 is 0 Å². The van der Waals surface area contributed by atoms with Crippen LogP contribution in [0.5, 0.6) is 0 Å². The number of hydrogen-bond donors (Lipinski definition) is 1. The molecule has 18 heavy (non-hydrogen) atoms. The molecule has 0 aromatic carbocycles. The van der Waals surface area contributed by atoms with Gasteiger partial charge in [0, 0.05) is 18.3 Å². The summed E-state index contributed by atoms with van der Waals surface area (Å²) in [4.78, 5) is 6.97. The lowest BCUT2D eigenvalue weighted by molar-refractivity contribution is 0.295. The minimum atomic E-state index is 0.351. The van der Waals surface area contributed by atoms with Crippen LogP contribution < -0.4 is 5.32 Å². The van der Waals surface area contributed by atoms with Gasteiger partial charge in [-0.05, 0) is 58.0 Å². The van der Waals surface area contributed by atoms with Gasteiger partial charge in [-0.3, -0.25) is 4.98 Å². The third-order valence-electron chi connectivity index (χ3n) is 3.89. The van der Waals surface area contributed by atoms with Crippen LogP contribution in [-0.2, 0) is 0 Å². The lowest BCUT2D eigenvalue weighted by Gasteiger charge is -2.22. The monoisotopic (exact) mass is 247 g/mol. The fourth-order valence-electron chi connectivity index (χ4n) is 2.71. The average Bonchev–Trinajstić information content (AvgIpc) is 2.65.